The van der Waals surface area contributed by atoms with Crippen molar-refractivity contribution in [2.24, 2.45) is 23.7 Å². The molecule has 2 fully saturated rings. The fourth-order valence-corrected chi connectivity index (χ4v) is 6.67. The van der Waals surface area contributed by atoms with Crippen LogP contribution in [0.5, 0.6) is 0 Å². The highest BCUT2D eigenvalue weighted by atomic mass is 16.1. The lowest BCUT2D eigenvalue weighted by Gasteiger charge is -2.39. The molecule has 0 aromatic heterocycles. The molecule has 158 valence electrons. The maximum Gasteiger partial charge on any atom is 0.167 e. The van der Waals surface area contributed by atoms with Crippen LogP contribution in [0.1, 0.15) is 87.2 Å². The van der Waals surface area contributed by atoms with E-state index in [1.807, 2.05) is 0 Å². The van der Waals surface area contributed by atoms with E-state index >= 15 is 0 Å². The van der Waals surface area contributed by atoms with Crippen molar-refractivity contribution in [3.8, 4) is 11.1 Å². The molecule has 0 saturated heterocycles. The van der Waals surface area contributed by atoms with Crippen LogP contribution in [-0.2, 0) is 11.8 Å². The maximum absolute atomic E-state index is 13.5. The van der Waals surface area contributed by atoms with Crippen molar-refractivity contribution in [3.63, 3.8) is 0 Å². The van der Waals surface area contributed by atoms with Crippen molar-refractivity contribution >= 4 is 5.78 Å². The smallest absolute Gasteiger partial charge is 0.167 e. The molecule has 0 radical (unpaired) electrons. The van der Waals surface area contributed by atoms with Crippen molar-refractivity contribution in [2.75, 3.05) is 0 Å². The van der Waals surface area contributed by atoms with Crippen LogP contribution in [0.25, 0.3) is 11.1 Å². The van der Waals surface area contributed by atoms with Gasteiger partial charge in [-0.3, -0.25) is 4.79 Å². The molecule has 3 aliphatic carbocycles. The second-order valence-corrected chi connectivity index (χ2v) is 11.4. The van der Waals surface area contributed by atoms with Gasteiger partial charge in [-0.25, -0.2) is 0 Å². The minimum absolute atomic E-state index is 0.149. The van der Waals surface area contributed by atoms with Gasteiger partial charge in [0.05, 0.1) is 0 Å². The first kappa shape index (κ1) is 20.0. The van der Waals surface area contributed by atoms with Crippen LogP contribution < -0.4 is 0 Å². The first-order valence-electron chi connectivity index (χ1n) is 12.2. The van der Waals surface area contributed by atoms with Gasteiger partial charge in [-0.05, 0) is 77.5 Å². The van der Waals surface area contributed by atoms with Crippen LogP contribution >= 0.6 is 0 Å². The fraction of sp³-hybridized carbons (Fsp3) is 0.552. The van der Waals surface area contributed by atoms with Gasteiger partial charge in [0.15, 0.2) is 5.78 Å². The van der Waals surface area contributed by atoms with Crippen LogP contribution in [0.4, 0.5) is 0 Å². The van der Waals surface area contributed by atoms with E-state index in [0.717, 1.165) is 41.7 Å². The molecule has 2 aromatic rings. The lowest BCUT2D eigenvalue weighted by Crippen LogP contribution is -2.28. The Labute approximate surface area is 182 Å². The molecule has 0 heterocycles. The number of rotatable bonds is 3. The van der Waals surface area contributed by atoms with Crippen LogP contribution in [0.2, 0.25) is 0 Å². The second-order valence-electron chi connectivity index (χ2n) is 11.4. The minimum atomic E-state index is 0.149. The second kappa shape index (κ2) is 7.66. The molecule has 0 N–H and O–H groups in total. The molecular formula is C29H36O. The van der Waals surface area contributed by atoms with Crippen LogP contribution in [0.15, 0.2) is 42.5 Å². The number of hydrogen-bond donors (Lipinski definition) is 0. The lowest BCUT2D eigenvalue weighted by atomic mass is 9.66. The summed E-state index contributed by atoms with van der Waals surface area (Å²) >= 11 is 0. The van der Waals surface area contributed by atoms with Gasteiger partial charge < -0.3 is 0 Å². The van der Waals surface area contributed by atoms with E-state index in [9.17, 15) is 4.79 Å². The zero-order valence-corrected chi connectivity index (χ0v) is 18.9. The molecule has 1 nitrogen and oxygen atoms in total. The number of benzene rings is 2. The molecule has 30 heavy (non-hydrogen) atoms. The Morgan fingerprint density at radius 3 is 2.27 bits per heavy atom. The largest absolute Gasteiger partial charge is 0.294 e. The first-order valence-corrected chi connectivity index (χ1v) is 12.2. The zero-order chi connectivity index (χ0) is 20.9. The number of Topliss-reactive ketones (excluding diaryl/α,β-unsaturated/α-hetero) is 1. The SMILES string of the molecule is CC(C)(C)c1ccc(-c2cccc3c2C(=O)C(CC2CC4CCCC(C4)C2)C3)cc1. The highest BCUT2D eigenvalue weighted by Gasteiger charge is 2.38. The zero-order valence-electron chi connectivity index (χ0n) is 18.9. The highest BCUT2D eigenvalue weighted by molar-refractivity contribution is 6.07. The predicted octanol–water partition coefficient (Wildman–Crippen LogP) is 7.61. The molecule has 0 amide bonds. The van der Waals surface area contributed by atoms with E-state index in [-0.39, 0.29) is 11.3 Å². The van der Waals surface area contributed by atoms with Crippen molar-refractivity contribution in [2.45, 2.75) is 77.6 Å². The Balaban J connectivity index is 1.37. The Bertz CT molecular complexity index is 918. The molecule has 0 spiro atoms. The van der Waals surface area contributed by atoms with Crippen molar-refractivity contribution in [3.05, 3.63) is 59.2 Å². The molecule has 2 aromatic carbocycles. The molecule has 1 heteroatoms. The topological polar surface area (TPSA) is 17.1 Å². The summed E-state index contributed by atoms with van der Waals surface area (Å²) in [6.45, 7) is 6.74. The summed E-state index contributed by atoms with van der Waals surface area (Å²) in [6, 6.07) is 15.4. The molecule has 3 atom stereocenters. The fourth-order valence-electron chi connectivity index (χ4n) is 6.67. The summed E-state index contributed by atoms with van der Waals surface area (Å²) < 4.78 is 0. The summed E-state index contributed by atoms with van der Waals surface area (Å²) in [5.74, 6) is 3.28. The quantitative estimate of drug-likeness (QED) is 0.518. The van der Waals surface area contributed by atoms with Crippen LogP contribution in [-0.4, -0.2) is 5.78 Å². The van der Waals surface area contributed by atoms with Gasteiger partial charge in [0.1, 0.15) is 0 Å². The average molecular weight is 401 g/mol. The van der Waals surface area contributed by atoms with Gasteiger partial charge in [-0.2, -0.15) is 0 Å². The van der Waals surface area contributed by atoms with Gasteiger partial charge in [0.2, 0.25) is 0 Å². The van der Waals surface area contributed by atoms with E-state index in [1.54, 1.807) is 0 Å². The lowest BCUT2D eigenvalue weighted by molar-refractivity contribution is 0.0858. The normalized spacial score (nSPS) is 28.4. The van der Waals surface area contributed by atoms with Gasteiger partial charge in [0.25, 0.3) is 0 Å². The summed E-state index contributed by atoms with van der Waals surface area (Å²) in [5.41, 5.74) is 6.10. The van der Waals surface area contributed by atoms with Crippen molar-refractivity contribution < 1.29 is 4.79 Å². The predicted molar refractivity (Wildman–Crippen MR) is 125 cm³/mol. The number of fused-ring (bicyclic) bond motifs is 3. The summed E-state index contributed by atoms with van der Waals surface area (Å²) in [6.07, 6.45) is 10.6. The number of ketones is 1. The summed E-state index contributed by atoms with van der Waals surface area (Å²) in [7, 11) is 0. The van der Waals surface area contributed by atoms with Gasteiger partial charge in [-0.1, -0.05) is 82.5 Å². The molecule has 2 saturated carbocycles. The molecule has 2 bridgehead atoms. The van der Waals surface area contributed by atoms with Crippen LogP contribution in [0.3, 0.4) is 0 Å². The van der Waals surface area contributed by atoms with E-state index in [1.165, 1.54) is 55.2 Å². The monoisotopic (exact) mass is 400 g/mol. The molecule has 5 rings (SSSR count). The molecule has 3 aliphatic rings. The molecule has 3 unspecified atom stereocenters. The maximum atomic E-state index is 13.5. The third kappa shape index (κ3) is 3.77. The Kier molecular flexibility index (Phi) is 5.12. The Hall–Kier alpha value is -1.89. The van der Waals surface area contributed by atoms with Gasteiger partial charge >= 0.3 is 0 Å². The standard InChI is InChI=1S/C29H36O/c1-29(2,3)25-12-10-22(11-13-25)26-9-5-8-23-18-24(28(30)27(23)26)17-21-15-19-6-4-7-20(14-19)16-21/h5,8-13,19-21,24H,4,6-7,14-18H2,1-3H3. The van der Waals surface area contributed by atoms with Gasteiger partial charge in [0, 0.05) is 11.5 Å². The first-order chi connectivity index (χ1) is 14.4. The highest BCUT2D eigenvalue weighted by Crippen LogP contribution is 2.46. The Morgan fingerprint density at radius 1 is 0.900 bits per heavy atom. The minimum Gasteiger partial charge on any atom is -0.294 e. The Morgan fingerprint density at radius 2 is 1.60 bits per heavy atom. The third-order valence-corrected chi connectivity index (χ3v) is 8.14. The van der Waals surface area contributed by atoms with E-state index < -0.39 is 0 Å². The van der Waals surface area contributed by atoms with Crippen molar-refractivity contribution in [1.29, 1.82) is 0 Å². The van der Waals surface area contributed by atoms with Crippen molar-refractivity contribution in [1.82, 2.24) is 0 Å². The van der Waals surface area contributed by atoms with Crippen LogP contribution in [0, 0.1) is 23.7 Å². The number of carbonyl (C=O) groups is 1. The summed E-state index contributed by atoms with van der Waals surface area (Å²) in [5, 5.41) is 0. The third-order valence-electron chi connectivity index (χ3n) is 8.14. The number of hydrogen-bond acceptors (Lipinski definition) is 1. The average Bonchev–Trinajstić information content (AvgIpc) is 3.03. The van der Waals surface area contributed by atoms with E-state index in [0.29, 0.717) is 5.78 Å². The van der Waals surface area contributed by atoms with E-state index in [2.05, 4.69) is 63.2 Å². The molecular weight excluding hydrogens is 364 g/mol. The number of carbonyl (C=O) groups excluding carboxylic acids is 1. The summed E-state index contributed by atoms with van der Waals surface area (Å²) in [4.78, 5) is 13.5. The van der Waals surface area contributed by atoms with Gasteiger partial charge in [-0.15, -0.1) is 0 Å². The van der Waals surface area contributed by atoms with E-state index in [4.69, 9.17) is 0 Å². The molecule has 0 aliphatic heterocycles.